The van der Waals surface area contributed by atoms with Gasteiger partial charge in [-0.1, -0.05) is 6.07 Å². The number of rotatable bonds is 5. The van der Waals surface area contributed by atoms with Crippen molar-refractivity contribution in [3.63, 3.8) is 0 Å². The van der Waals surface area contributed by atoms with Crippen LogP contribution in [0, 0.1) is 5.82 Å². The van der Waals surface area contributed by atoms with Crippen LogP contribution in [0.4, 0.5) is 16.0 Å². The van der Waals surface area contributed by atoms with E-state index in [4.69, 9.17) is 4.74 Å². The molecule has 7 nitrogen and oxygen atoms in total. The van der Waals surface area contributed by atoms with Gasteiger partial charge in [-0.3, -0.25) is 9.69 Å². The molecule has 1 aromatic heterocycles. The topological polar surface area (TPSA) is 70.6 Å². The zero-order valence-corrected chi connectivity index (χ0v) is 14.0. The van der Waals surface area contributed by atoms with Crippen molar-refractivity contribution in [2.24, 2.45) is 0 Å². The summed E-state index contributed by atoms with van der Waals surface area (Å²) in [5.41, 5.74) is 0.466. The summed E-state index contributed by atoms with van der Waals surface area (Å²) < 4.78 is 18.3. The molecular weight excluding hydrogens is 325 g/mol. The molecule has 0 saturated carbocycles. The second-order valence-corrected chi connectivity index (χ2v) is 5.72. The number of amides is 1. The molecule has 8 heteroatoms. The monoisotopic (exact) mass is 345 g/mol. The Kier molecular flexibility index (Phi) is 5.39. The van der Waals surface area contributed by atoms with E-state index in [0.717, 1.165) is 26.2 Å². The van der Waals surface area contributed by atoms with Crippen LogP contribution in [0.1, 0.15) is 0 Å². The summed E-state index contributed by atoms with van der Waals surface area (Å²) in [4.78, 5) is 24.8. The van der Waals surface area contributed by atoms with Gasteiger partial charge >= 0.3 is 0 Å². The average Bonchev–Trinajstić information content (AvgIpc) is 2.62. The predicted octanol–water partition coefficient (Wildman–Crippen LogP) is 1.38. The SMILES string of the molecule is COc1ccnc(N2CCN(CC(=O)Nc3cccc(F)c3)CC2)n1. The van der Waals surface area contributed by atoms with Crippen LogP contribution in [0.5, 0.6) is 5.88 Å². The third-order valence-electron chi connectivity index (χ3n) is 3.96. The van der Waals surface area contributed by atoms with Gasteiger partial charge in [-0.25, -0.2) is 9.37 Å². The van der Waals surface area contributed by atoms with E-state index in [2.05, 4.69) is 20.2 Å². The lowest BCUT2D eigenvalue weighted by atomic mass is 10.3. The van der Waals surface area contributed by atoms with Crippen LogP contribution in [-0.2, 0) is 4.79 Å². The van der Waals surface area contributed by atoms with Crippen LogP contribution in [0.3, 0.4) is 0 Å². The maximum atomic E-state index is 13.1. The molecule has 2 aromatic rings. The summed E-state index contributed by atoms with van der Waals surface area (Å²) >= 11 is 0. The lowest BCUT2D eigenvalue weighted by molar-refractivity contribution is -0.117. The molecule has 1 aliphatic rings. The van der Waals surface area contributed by atoms with Gasteiger partial charge in [0.25, 0.3) is 0 Å². The van der Waals surface area contributed by atoms with E-state index in [1.165, 1.54) is 12.1 Å². The number of hydrogen-bond acceptors (Lipinski definition) is 6. The van der Waals surface area contributed by atoms with Crippen LogP contribution >= 0.6 is 0 Å². The molecule has 1 saturated heterocycles. The second kappa shape index (κ2) is 7.89. The van der Waals surface area contributed by atoms with Crippen LogP contribution in [0.2, 0.25) is 0 Å². The summed E-state index contributed by atoms with van der Waals surface area (Å²) in [5.74, 6) is 0.631. The number of methoxy groups -OCH3 is 1. The number of aromatic nitrogens is 2. The smallest absolute Gasteiger partial charge is 0.238 e. The van der Waals surface area contributed by atoms with E-state index in [9.17, 15) is 9.18 Å². The summed E-state index contributed by atoms with van der Waals surface area (Å²) in [5, 5.41) is 2.71. The summed E-state index contributed by atoms with van der Waals surface area (Å²) in [7, 11) is 1.57. The normalized spacial score (nSPS) is 15.0. The van der Waals surface area contributed by atoms with Crippen molar-refractivity contribution in [2.45, 2.75) is 0 Å². The molecule has 132 valence electrons. The lowest BCUT2D eigenvalue weighted by Crippen LogP contribution is -2.49. The van der Waals surface area contributed by atoms with Crippen molar-refractivity contribution < 1.29 is 13.9 Å². The molecule has 1 N–H and O–H groups in total. The molecule has 0 aliphatic carbocycles. The molecule has 2 heterocycles. The van der Waals surface area contributed by atoms with Crippen LogP contribution < -0.4 is 15.0 Å². The molecule has 1 fully saturated rings. The van der Waals surface area contributed by atoms with E-state index < -0.39 is 0 Å². The van der Waals surface area contributed by atoms with E-state index in [1.54, 1.807) is 31.5 Å². The van der Waals surface area contributed by atoms with E-state index >= 15 is 0 Å². The van der Waals surface area contributed by atoms with Gasteiger partial charge in [0.05, 0.1) is 13.7 Å². The number of ether oxygens (including phenoxy) is 1. The fourth-order valence-corrected chi connectivity index (χ4v) is 2.67. The first-order chi connectivity index (χ1) is 12.1. The number of halogens is 1. The third-order valence-corrected chi connectivity index (χ3v) is 3.96. The maximum Gasteiger partial charge on any atom is 0.238 e. The Hall–Kier alpha value is -2.74. The maximum absolute atomic E-state index is 13.1. The number of hydrogen-bond donors (Lipinski definition) is 1. The minimum Gasteiger partial charge on any atom is -0.481 e. The summed E-state index contributed by atoms with van der Waals surface area (Å²) in [6.45, 7) is 3.15. The van der Waals surface area contributed by atoms with Gasteiger partial charge in [-0.15, -0.1) is 0 Å². The van der Waals surface area contributed by atoms with Gasteiger partial charge < -0.3 is 15.0 Å². The zero-order chi connectivity index (χ0) is 17.6. The van der Waals surface area contributed by atoms with Crippen molar-refractivity contribution in [3.8, 4) is 5.88 Å². The van der Waals surface area contributed by atoms with Gasteiger partial charge in [0.15, 0.2) is 0 Å². The minimum atomic E-state index is -0.371. The lowest BCUT2D eigenvalue weighted by Gasteiger charge is -2.34. The number of carbonyl (C=O) groups excluding carboxylic acids is 1. The largest absolute Gasteiger partial charge is 0.481 e. The first kappa shape index (κ1) is 17.1. The third kappa shape index (κ3) is 4.63. The highest BCUT2D eigenvalue weighted by atomic mass is 19.1. The number of nitrogens with one attached hydrogen (secondary N) is 1. The van der Waals surface area contributed by atoms with Crippen molar-refractivity contribution in [1.82, 2.24) is 14.9 Å². The molecule has 0 radical (unpaired) electrons. The fourth-order valence-electron chi connectivity index (χ4n) is 2.67. The molecule has 0 bridgehead atoms. The number of carbonyl (C=O) groups is 1. The molecule has 0 atom stereocenters. The Morgan fingerprint density at radius 1 is 1.28 bits per heavy atom. The number of benzene rings is 1. The second-order valence-electron chi connectivity index (χ2n) is 5.72. The Morgan fingerprint density at radius 2 is 2.08 bits per heavy atom. The van der Waals surface area contributed by atoms with Crippen molar-refractivity contribution >= 4 is 17.5 Å². The van der Waals surface area contributed by atoms with Crippen molar-refractivity contribution in [1.29, 1.82) is 0 Å². The predicted molar refractivity (Wildman–Crippen MR) is 92.3 cm³/mol. The van der Waals surface area contributed by atoms with Crippen LogP contribution in [-0.4, -0.2) is 60.6 Å². The molecule has 1 aromatic carbocycles. The highest BCUT2D eigenvalue weighted by molar-refractivity contribution is 5.92. The Morgan fingerprint density at radius 3 is 2.80 bits per heavy atom. The highest BCUT2D eigenvalue weighted by Crippen LogP contribution is 2.14. The molecule has 3 rings (SSSR count). The van der Waals surface area contributed by atoms with E-state index in [1.807, 2.05) is 4.90 Å². The van der Waals surface area contributed by atoms with Crippen molar-refractivity contribution in [3.05, 3.63) is 42.3 Å². The number of piperazine rings is 1. The van der Waals surface area contributed by atoms with E-state index in [0.29, 0.717) is 17.5 Å². The molecule has 1 aliphatic heterocycles. The molecule has 0 spiro atoms. The van der Waals surface area contributed by atoms with Crippen LogP contribution in [0.25, 0.3) is 0 Å². The molecule has 25 heavy (non-hydrogen) atoms. The van der Waals surface area contributed by atoms with Crippen LogP contribution in [0.15, 0.2) is 36.5 Å². The zero-order valence-electron chi connectivity index (χ0n) is 14.0. The highest BCUT2D eigenvalue weighted by Gasteiger charge is 2.21. The van der Waals surface area contributed by atoms with E-state index in [-0.39, 0.29) is 18.3 Å². The number of anilines is 2. The van der Waals surface area contributed by atoms with Gasteiger partial charge in [-0.05, 0) is 18.2 Å². The summed E-state index contributed by atoms with van der Waals surface area (Å²) in [6, 6.07) is 7.58. The number of nitrogens with zero attached hydrogens (tertiary/aromatic N) is 4. The quantitative estimate of drug-likeness (QED) is 0.883. The minimum absolute atomic E-state index is 0.156. The Bertz CT molecular complexity index is 734. The molecule has 1 amide bonds. The van der Waals surface area contributed by atoms with Gasteiger partial charge in [0.1, 0.15) is 5.82 Å². The average molecular weight is 345 g/mol. The molecular formula is C17H20FN5O2. The first-order valence-electron chi connectivity index (χ1n) is 8.04. The first-order valence-corrected chi connectivity index (χ1v) is 8.04. The fraction of sp³-hybridized carbons (Fsp3) is 0.353. The van der Waals surface area contributed by atoms with Gasteiger partial charge in [0, 0.05) is 44.1 Å². The Balaban J connectivity index is 1.49. The van der Waals surface area contributed by atoms with Gasteiger partial charge in [-0.2, -0.15) is 4.98 Å². The molecule has 0 unspecified atom stereocenters. The summed E-state index contributed by atoms with van der Waals surface area (Å²) in [6.07, 6.45) is 1.67. The van der Waals surface area contributed by atoms with Gasteiger partial charge in [0.2, 0.25) is 17.7 Å². The standard InChI is InChI=1S/C17H20FN5O2/c1-25-16-5-6-19-17(21-16)23-9-7-22(8-10-23)12-15(24)20-14-4-2-3-13(18)11-14/h2-6,11H,7-10,12H2,1H3,(H,20,24). The Labute approximate surface area is 145 Å². The van der Waals surface area contributed by atoms with Crippen molar-refractivity contribution in [2.75, 3.05) is 50.1 Å².